The fourth-order valence-electron chi connectivity index (χ4n) is 1.09. The van der Waals surface area contributed by atoms with Crippen LogP contribution in [0.3, 0.4) is 0 Å². The third-order valence-corrected chi connectivity index (χ3v) is 1.79. The molecule has 2 unspecified atom stereocenters. The van der Waals surface area contributed by atoms with Crippen molar-refractivity contribution in [2.24, 2.45) is 5.73 Å². The normalized spacial score (nSPS) is 27.8. The van der Waals surface area contributed by atoms with E-state index in [2.05, 4.69) is 10.6 Å². The summed E-state index contributed by atoms with van der Waals surface area (Å²) in [6, 6.07) is -1.36. The highest BCUT2D eigenvalue weighted by Gasteiger charge is 2.31. The van der Waals surface area contributed by atoms with Crippen molar-refractivity contribution in [3.63, 3.8) is 0 Å². The molecule has 0 aromatic heterocycles. The Hall–Kier alpha value is -1.59. The maximum absolute atomic E-state index is 11.2. The molecule has 6 nitrogen and oxygen atoms in total. The number of carbonyl (C=O) groups excluding carboxylic acids is 3. The number of rotatable bonds is 2. The molecule has 0 radical (unpaired) electrons. The Morgan fingerprint density at radius 2 is 2.00 bits per heavy atom. The van der Waals surface area contributed by atoms with Crippen LogP contribution >= 0.6 is 0 Å². The quantitative estimate of drug-likeness (QED) is 0.457. The Morgan fingerprint density at radius 1 is 1.38 bits per heavy atom. The van der Waals surface area contributed by atoms with Gasteiger partial charge in [-0.3, -0.25) is 14.4 Å². The molecule has 2 atom stereocenters. The average molecular weight is 185 g/mol. The lowest BCUT2D eigenvalue weighted by Gasteiger charge is -2.26. The van der Waals surface area contributed by atoms with Gasteiger partial charge in [-0.15, -0.1) is 0 Å². The highest BCUT2D eigenvalue weighted by atomic mass is 16.2. The molecule has 6 heteroatoms. The van der Waals surface area contributed by atoms with Crippen molar-refractivity contribution in [3.8, 4) is 0 Å². The first-order valence-corrected chi connectivity index (χ1v) is 3.89. The van der Waals surface area contributed by atoms with Crippen LogP contribution in [0.1, 0.15) is 13.3 Å². The number of carbonyl (C=O) groups is 3. The Morgan fingerprint density at radius 3 is 2.54 bits per heavy atom. The molecule has 0 spiro atoms. The van der Waals surface area contributed by atoms with Crippen LogP contribution in [0.5, 0.6) is 0 Å². The van der Waals surface area contributed by atoms with E-state index in [1.807, 2.05) is 0 Å². The molecule has 1 aliphatic heterocycles. The first-order chi connectivity index (χ1) is 6.00. The molecule has 72 valence electrons. The van der Waals surface area contributed by atoms with Crippen LogP contribution in [0.2, 0.25) is 0 Å². The maximum Gasteiger partial charge on any atom is 0.243 e. The summed E-state index contributed by atoms with van der Waals surface area (Å²) in [6.07, 6.45) is -0.162. The largest absolute Gasteiger partial charge is 0.370 e. The smallest absolute Gasteiger partial charge is 0.243 e. The molecule has 13 heavy (non-hydrogen) atoms. The van der Waals surface area contributed by atoms with E-state index >= 15 is 0 Å². The highest BCUT2D eigenvalue weighted by molar-refractivity contribution is 5.98. The lowest BCUT2D eigenvalue weighted by molar-refractivity contribution is -0.137. The molecule has 1 rings (SSSR count). The molecule has 0 aliphatic carbocycles. The summed E-state index contributed by atoms with van der Waals surface area (Å²) in [5, 5.41) is 4.82. The van der Waals surface area contributed by atoms with Gasteiger partial charge in [-0.2, -0.15) is 0 Å². The third-order valence-electron chi connectivity index (χ3n) is 1.79. The van der Waals surface area contributed by atoms with Gasteiger partial charge in [0.25, 0.3) is 0 Å². The molecule has 0 aromatic rings. The summed E-state index contributed by atoms with van der Waals surface area (Å²) < 4.78 is 0. The summed E-state index contributed by atoms with van der Waals surface area (Å²) in [5.41, 5.74) is 4.90. The summed E-state index contributed by atoms with van der Waals surface area (Å²) in [6.45, 7) is 1.56. The van der Waals surface area contributed by atoms with Gasteiger partial charge >= 0.3 is 0 Å². The first kappa shape index (κ1) is 9.50. The lowest BCUT2D eigenvalue weighted by Crippen LogP contribution is -2.61. The van der Waals surface area contributed by atoms with Crippen LogP contribution in [-0.2, 0) is 14.4 Å². The van der Waals surface area contributed by atoms with Gasteiger partial charge in [-0.25, -0.2) is 0 Å². The van der Waals surface area contributed by atoms with Crippen molar-refractivity contribution in [1.29, 1.82) is 0 Å². The summed E-state index contributed by atoms with van der Waals surface area (Å²) >= 11 is 0. The van der Waals surface area contributed by atoms with E-state index in [1.165, 1.54) is 0 Å². The minimum Gasteiger partial charge on any atom is -0.370 e. The first-order valence-electron chi connectivity index (χ1n) is 3.89. The zero-order valence-electron chi connectivity index (χ0n) is 7.16. The molecule has 0 saturated carbocycles. The second-order valence-corrected chi connectivity index (χ2v) is 2.96. The summed E-state index contributed by atoms with van der Waals surface area (Å²) in [5.74, 6) is -1.29. The highest BCUT2D eigenvalue weighted by Crippen LogP contribution is 1.99. The molecule has 4 N–H and O–H groups in total. The fraction of sp³-hybridized carbons (Fsp3) is 0.571. The number of hydrogen-bond acceptors (Lipinski definition) is 3. The van der Waals surface area contributed by atoms with Gasteiger partial charge in [0.05, 0.1) is 6.42 Å². The van der Waals surface area contributed by atoms with Crippen LogP contribution in [0.25, 0.3) is 0 Å². The van der Waals surface area contributed by atoms with E-state index in [0.717, 1.165) is 0 Å². The standard InChI is InChI=1S/C7H11N3O3/c1-3-6(12)10-4(2-5(8)11)7(13)9-3/h3-4H,2H2,1H3,(H2,8,11)(H,9,13)(H,10,12). The van der Waals surface area contributed by atoms with Gasteiger partial charge in [-0.1, -0.05) is 0 Å². The fourth-order valence-corrected chi connectivity index (χ4v) is 1.09. The van der Waals surface area contributed by atoms with Gasteiger partial charge in [0.2, 0.25) is 17.7 Å². The third kappa shape index (κ3) is 2.17. The van der Waals surface area contributed by atoms with Crippen LogP contribution in [0.4, 0.5) is 0 Å². The van der Waals surface area contributed by atoms with Crippen molar-refractivity contribution >= 4 is 17.7 Å². The molecule has 1 aliphatic rings. The Labute approximate surface area is 74.8 Å². The zero-order valence-corrected chi connectivity index (χ0v) is 7.16. The SMILES string of the molecule is CC1NC(=O)C(CC(N)=O)NC1=O. The van der Waals surface area contributed by atoms with E-state index in [0.29, 0.717) is 0 Å². The summed E-state index contributed by atoms with van der Waals surface area (Å²) in [4.78, 5) is 32.7. The Kier molecular flexibility index (Phi) is 2.50. The predicted octanol–water partition coefficient (Wildman–Crippen LogP) is -2.14. The number of nitrogens with two attached hydrogens (primary N) is 1. The van der Waals surface area contributed by atoms with Gasteiger partial charge in [0, 0.05) is 0 Å². The number of amides is 3. The van der Waals surface area contributed by atoms with Crippen molar-refractivity contribution in [1.82, 2.24) is 10.6 Å². The van der Waals surface area contributed by atoms with E-state index in [-0.39, 0.29) is 18.2 Å². The van der Waals surface area contributed by atoms with Crippen LogP contribution in [0, 0.1) is 0 Å². The molecule has 1 fully saturated rings. The number of nitrogens with one attached hydrogen (secondary N) is 2. The van der Waals surface area contributed by atoms with Gasteiger partial charge in [0.1, 0.15) is 12.1 Å². The van der Waals surface area contributed by atoms with E-state index in [1.54, 1.807) is 6.92 Å². The molecule has 3 amide bonds. The molecule has 0 aromatic carbocycles. The Balaban J connectivity index is 2.61. The van der Waals surface area contributed by atoms with Crippen molar-refractivity contribution in [2.45, 2.75) is 25.4 Å². The molecular weight excluding hydrogens is 174 g/mol. The van der Waals surface area contributed by atoms with E-state index < -0.39 is 18.0 Å². The minimum atomic E-state index is -0.818. The van der Waals surface area contributed by atoms with Crippen LogP contribution in [0.15, 0.2) is 0 Å². The van der Waals surface area contributed by atoms with Gasteiger partial charge < -0.3 is 16.4 Å². The predicted molar refractivity (Wildman–Crippen MR) is 43.3 cm³/mol. The van der Waals surface area contributed by atoms with E-state index in [4.69, 9.17) is 5.73 Å². The van der Waals surface area contributed by atoms with Crippen molar-refractivity contribution in [3.05, 3.63) is 0 Å². The number of primary amides is 1. The summed E-state index contributed by atoms with van der Waals surface area (Å²) in [7, 11) is 0. The molecule has 1 heterocycles. The van der Waals surface area contributed by atoms with Crippen molar-refractivity contribution < 1.29 is 14.4 Å². The van der Waals surface area contributed by atoms with Crippen LogP contribution < -0.4 is 16.4 Å². The lowest BCUT2D eigenvalue weighted by atomic mass is 10.1. The number of piperazine rings is 1. The van der Waals surface area contributed by atoms with Gasteiger partial charge in [-0.05, 0) is 6.92 Å². The second-order valence-electron chi connectivity index (χ2n) is 2.96. The zero-order chi connectivity index (χ0) is 10.0. The maximum atomic E-state index is 11.2. The topological polar surface area (TPSA) is 101 Å². The van der Waals surface area contributed by atoms with Gasteiger partial charge in [0.15, 0.2) is 0 Å². The molecular formula is C7H11N3O3. The monoisotopic (exact) mass is 185 g/mol. The average Bonchev–Trinajstić information content (AvgIpc) is 1.99. The van der Waals surface area contributed by atoms with Crippen LogP contribution in [-0.4, -0.2) is 29.8 Å². The molecule has 1 saturated heterocycles. The van der Waals surface area contributed by atoms with E-state index in [9.17, 15) is 14.4 Å². The number of hydrogen-bond donors (Lipinski definition) is 3. The van der Waals surface area contributed by atoms with Crippen molar-refractivity contribution in [2.75, 3.05) is 0 Å². The minimum absolute atomic E-state index is 0.162. The Bertz CT molecular complexity index is 264. The second kappa shape index (κ2) is 3.42. The molecule has 0 bridgehead atoms.